The summed E-state index contributed by atoms with van der Waals surface area (Å²) < 4.78 is 5.33. The van der Waals surface area contributed by atoms with Crippen LogP contribution in [0, 0.1) is 11.3 Å². The lowest BCUT2D eigenvalue weighted by Gasteiger charge is -2.12. The molecule has 0 amide bonds. The van der Waals surface area contributed by atoms with Crippen LogP contribution in [0.5, 0.6) is 5.75 Å². The van der Waals surface area contributed by atoms with Crippen molar-refractivity contribution in [1.29, 1.82) is 5.26 Å². The monoisotopic (exact) mass is 278 g/mol. The minimum Gasteiger partial charge on any atom is -0.495 e. The van der Waals surface area contributed by atoms with Crippen molar-refractivity contribution in [3.63, 3.8) is 0 Å². The van der Waals surface area contributed by atoms with Crippen LogP contribution < -0.4 is 10.1 Å². The SMILES string of the molecule is COc1cc(C#N)ccc1NCc1cccc(C2CC2)c1. The van der Waals surface area contributed by atoms with Gasteiger partial charge >= 0.3 is 0 Å². The fourth-order valence-corrected chi connectivity index (χ4v) is 2.48. The van der Waals surface area contributed by atoms with Crippen molar-refractivity contribution in [2.24, 2.45) is 0 Å². The van der Waals surface area contributed by atoms with Crippen LogP contribution in [0.3, 0.4) is 0 Å². The van der Waals surface area contributed by atoms with E-state index < -0.39 is 0 Å². The Kier molecular flexibility index (Phi) is 3.79. The highest BCUT2D eigenvalue weighted by atomic mass is 16.5. The molecular formula is C18H18N2O. The number of ether oxygens (including phenoxy) is 1. The van der Waals surface area contributed by atoms with E-state index in [0.717, 1.165) is 18.2 Å². The number of benzene rings is 2. The molecule has 2 aromatic carbocycles. The minimum absolute atomic E-state index is 0.605. The summed E-state index contributed by atoms with van der Waals surface area (Å²) >= 11 is 0. The molecule has 0 unspecified atom stereocenters. The molecule has 1 aliphatic rings. The fraction of sp³-hybridized carbons (Fsp3) is 0.278. The highest BCUT2D eigenvalue weighted by molar-refractivity contribution is 5.59. The van der Waals surface area contributed by atoms with Crippen molar-refractivity contribution in [3.8, 4) is 11.8 Å². The van der Waals surface area contributed by atoms with Gasteiger partial charge < -0.3 is 10.1 Å². The van der Waals surface area contributed by atoms with E-state index in [1.54, 1.807) is 19.2 Å². The van der Waals surface area contributed by atoms with Gasteiger partial charge in [-0.1, -0.05) is 24.3 Å². The van der Waals surface area contributed by atoms with Crippen molar-refractivity contribution in [1.82, 2.24) is 0 Å². The van der Waals surface area contributed by atoms with E-state index in [1.165, 1.54) is 24.0 Å². The molecule has 0 bridgehead atoms. The van der Waals surface area contributed by atoms with Crippen LogP contribution in [-0.4, -0.2) is 7.11 Å². The molecule has 1 aliphatic carbocycles. The molecule has 1 N–H and O–H groups in total. The summed E-state index contributed by atoms with van der Waals surface area (Å²) in [7, 11) is 1.62. The summed E-state index contributed by atoms with van der Waals surface area (Å²) in [5.74, 6) is 1.47. The van der Waals surface area contributed by atoms with Gasteiger partial charge in [-0.3, -0.25) is 0 Å². The maximum absolute atomic E-state index is 8.92. The molecule has 0 spiro atoms. The standard InChI is InChI=1S/C18H18N2O/c1-21-18-10-13(11-19)5-8-17(18)20-12-14-3-2-4-16(9-14)15-6-7-15/h2-5,8-10,15,20H,6-7,12H2,1H3. The van der Waals surface area contributed by atoms with Gasteiger partial charge in [0.25, 0.3) is 0 Å². The Morgan fingerprint density at radius 2 is 2.10 bits per heavy atom. The van der Waals surface area contributed by atoms with Crippen LogP contribution in [0.15, 0.2) is 42.5 Å². The number of anilines is 1. The molecule has 0 saturated heterocycles. The van der Waals surface area contributed by atoms with Crippen molar-refractivity contribution in [3.05, 3.63) is 59.2 Å². The van der Waals surface area contributed by atoms with Crippen LogP contribution in [0.25, 0.3) is 0 Å². The maximum atomic E-state index is 8.92. The second-order valence-corrected chi connectivity index (χ2v) is 5.40. The van der Waals surface area contributed by atoms with E-state index in [1.807, 2.05) is 6.07 Å². The topological polar surface area (TPSA) is 45.0 Å². The molecule has 1 saturated carbocycles. The number of rotatable bonds is 5. The van der Waals surface area contributed by atoms with Crippen LogP contribution in [0.1, 0.15) is 35.4 Å². The number of nitrogens with one attached hydrogen (secondary N) is 1. The van der Waals surface area contributed by atoms with Crippen molar-refractivity contribution in [2.75, 3.05) is 12.4 Å². The molecule has 21 heavy (non-hydrogen) atoms. The molecule has 0 atom stereocenters. The average Bonchev–Trinajstić information content (AvgIpc) is 3.38. The predicted octanol–water partition coefficient (Wildman–Crippen LogP) is 4.06. The minimum atomic E-state index is 0.605. The summed E-state index contributed by atoms with van der Waals surface area (Å²) in [6, 6.07) is 16.3. The normalized spacial score (nSPS) is 13.5. The van der Waals surface area contributed by atoms with Gasteiger partial charge in [-0.2, -0.15) is 5.26 Å². The fourth-order valence-electron chi connectivity index (χ4n) is 2.48. The van der Waals surface area contributed by atoms with Gasteiger partial charge in [0, 0.05) is 12.6 Å². The van der Waals surface area contributed by atoms with Gasteiger partial charge in [0.05, 0.1) is 24.4 Å². The molecule has 3 nitrogen and oxygen atoms in total. The Morgan fingerprint density at radius 3 is 2.81 bits per heavy atom. The Balaban J connectivity index is 1.72. The van der Waals surface area contributed by atoms with Crippen LogP contribution in [0.2, 0.25) is 0 Å². The maximum Gasteiger partial charge on any atom is 0.143 e. The quantitative estimate of drug-likeness (QED) is 0.897. The third-order valence-electron chi connectivity index (χ3n) is 3.81. The van der Waals surface area contributed by atoms with E-state index >= 15 is 0 Å². The molecule has 1 fully saturated rings. The first-order valence-electron chi connectivity index (χ1n) is 7.21. The van der Waals surface area contributed by atoms with Gasteiger partial charge in [-0.05, 0) is 42.0 Å². The summed E-state index contributed by atoms with van der Waals surface area (Å²) in [5.41, 5.74) is 4.23. The first-order chi connectivity index (χ1) is 10.3. The lowest BCUT2D eigenvalue weighted by atomic mass is 10.1. The van der Waals surface area contributed by atoms with Crippen LogP contribution in [0.4, 0.5) is 5.69 Å². The molecule has 0 radical (unpaired) electrons. The highest BCUT2D eigenvalue weighted by Crippen LogP contribution is 2.40. The Hall–Kier alpha value is -2.47. The summed E-state index contributed by atoms with van der Waals surface area (Å²) in [4.78, 5) is 0. The Bertz CT molecular complexity index is 684. The first-order valence-corrected chi connectivity index (χ1v) is 7.21. The van der Waals surface area contributed by atoms with Gasteiger partial charge in [-0.15, -0.1) is 0 Å². The third-order valence-corrected chi connectivity index (χ3v) is 3.81. The molecule has 0 aromatic heterocycles. The molecule has 2 aromatic rings. The first kappa shape index (κ1) is 13.5. The zero-order chi connectivity index (χ0) is 14.7. The molecular weight excluding hydrogens is 260 g/mol. The zero-order valence-corrected chi connectivity index (χ0v) is 12.1. The zero-order valence-electron chi connectivity index (χ0n) is 12.1. The summed E-state index contributed by atoms with van der Waals surface area (Å²) in [5, 5.41) is 12.3. The van der Waals surface area contributed by atoms with Gasteiger partial charge in [0.15, 0.2) is 0 Å². The lowest BCUT2D eigenvalue weighted by Crippen LogP contribution is -2.02. The number of hydrogen-bond acceptors (Lipinski definition) is 3. The van der Waals surface area contributed by atoms with E-state index in [0.29, 0.717) is 11.3 Å². The van der Waals surface area contributed by atoms with E-state index in [4.69, 9.17) is 10.00 Å². The third kappa shape index (κ3) is 3.17. The van der Waals surface area contributed by atoms with Gasteiger partial charge in [0.1, 0.15) is 5.75 Å². The summed E-state index contributed by atoms with van der Waals surface area (Å²) in [6.07, 6.45) is 2.64. The van der Waals surface area contributed by atoms with Crippen molar-refractivity contribution < 1.29 is 4.74 Å². The number of hydrogen-bond donors (Lipinski definition) is 1. The Morgan fingerprint density at radius 1 is 1.24 bits per heavy atom. The van der Waals surface area contributed by atoms with E-state index in [-0.39, 0.29) is 0 Å². The summed E-state index contributed by atoms with van der Waals surface area (Å²) in [6.45, 7) is 0.753. The average molecular weight is 278 g/mol. The number of nitrogens with zero attached hydrogens (tertiary/aromatic N) is 1. The van der Waals surface area contributed by atoms with Gasteiger partial charge in [-0.25, -0.2) is 0 Å². The largest absolute Gasteiger partial charge is 0.495 e. The molecule has 3 heteroatoms. The van der Waals surface area contributed by atoms with Crippen molar-refractivity contribution >= 4 is 5.69 Å². The molecule has 0 heterocycles. The van der Waals surface area contributed by atoms with Gasteiger partial charge in [0.2, 0.25) is 0 Å². The second-order valence-electron chi connectivity index (χ2n) is 5.40. The van der Waals surface area contributed by atoms with E-state index in [9.17, 15) is 0 Å². The predicted molar refractivity (Wildman–Crippen MR) is 83.5 cm³/mol. The second kappa shape index (κ2) is 5.88. The lowest BCUT2D eigenvalue weighted by molar-refractivity contribution is 0.416. The molecule has 0 aliphatic heterocycles. The van der Waals surface area contributed by atoms with Crippen LogP contribution >= 0.6 is 0 Å². The highest BCUT2D eigenvalue weighted by Gasteiger charge is 2.23. The molecule has 106 valence electrons. The van der Waals surface area contributed by atoms with Crippen LogP contribution in [-0.2, 0) is 6.54 Å². The number of nitriles is 1. The smallest absolute Gasteiger partial charge is 0.143 e. The molecule has 3 rings (SSSR count). The number of methoxy groups -OCH3 is 1. The van der Waals surface area contributed by atoms with Crippen molar-refractivity contribution in [2.45, 2.75) is 25.3 Å². The Labute approximate surface area is 125 Å². The van der Waals surface area contributed by atoms with E-state index in [2.05, 4.69) is 35.7 Å².